The molecule has 3 rings (SSSR count). The first-order valence-electron chi connectivity index (χ1n) is 11.9. The Hall–Kier alpha value is -3.13. The standard InChI is InChI=1S/C26H35N3O5/c1-5-14-29-21(17-28-15-12-19(13-16-28)24(30)33-6-2)22(25(31)34-7-3)23(27-26(29)32)20-11-9-8-10-18(20)4/h5,8-11,19,23H,1,6-7,12-17H2,2-4H3,(H,27,32)/t23-/m1/s1. The molecule has 0 radical (unpaired) electrons. The van der Waals surface area contributed by atoms with Crippen LogP contribution in [0.15, 0.2) is 48.2 Å². The number of carbonyl (C=O) groups is 3. The van der Waals surface area contributed by atoms with Crippen molar-refractivity contribution in [1.82, 2.24) is 15.1 Å². The van der Waals surface area contributed by atoms with Crippen LogP contribution in [0, 0.1) is 12.8 Å². The lowest BCUT2D eigenvalue weighted by Crippen LogP contribution is -2.51. The molecule has 8 nitrogen and oxygen atoms in total. The van der Waals surface area contributed by atoms with Gasteiger partial charge in [0.1, 0.15) is 0 Å². The molecule has 0 bridgehead atoms. The molecule has 0 aromatic heterocycles. The van der Waals surface area contributed by atoms with E-state index < -0.39 is 12.0 Å². The second kappa shape index (κ2) is 11.8. The van der Waals surface area contributed by atoms with E-state index in [4.69, 9.17) is 9.47 Å². The molecule has 1 fully saturated rings. The molecule has 2 aliphatic heterocycles. The Labute approximate surface area is 201 Å². The van der Waals surface area contributed by atoms with Crippen molar-refractivity contribution < 1.29 is 23.9 Å². The fourth-order valence-electron chi connectivity index (χ4n) is 4.59. The van der Waals surface area contributed by atoms with Crippen molar-refractivity contribution in [2.24, 2.45) is 5.92 Å². The second-order valence-electron chi connectivity index (χ2n) is 8.52. The SMILES string of the molecule is C=CCN1C(=O)N[C@H](c2ccccc2C)C(C(=O)OCC)=C1CN1CCC(C(=O)OCC)CC1. The number of nitrogens with one attached hydrogen (secondary N) is 1. The van der Waals surface area contributed by atoms with Gasteiger partial charge in [0.2, 0.25) is 0 Å². The van der Waals surface area contributed by atoms with Crippen LogP contribution in [0.25, 0.3) is 0 Å². The molecule has 1 atom stereocenters. The summed E-state index contributed by atoms with van der Waals surface area (Å²) in [5.74, 6) is -0.715. The van der Waals surface area contributed by atoms with E-state index in [1.165, 1.54) is 0 Å². The Kier molecular flexibility index (Phi) is 8.87. The first-order valence-corrected chi connectivity index (χ1v) is 11.9. The summed E-state index contributed by atoms with van der Waals surface area (Å²) >= 11 is 0. The number of esters is 2. The van der Waals surface area contributed by atoms with Crippen molar-refractivity contribution in [3.8, 4) is 0 Å². The Morgan fingerprint density at radius 3 is 2.44 bits per heavy atom. The van der Waals surface area contributed by atoms with Crippen LogP contribution < -0.4 is 5.32 Å². The van der Waals surface area contributed by atoms with E-state index in [0.29, 0.717) is 50.4 Å². The smallest absolute Gasteiger partial charge is 0.338 e. The Balaban J connectivity index is 1.97. The number of urea groups is 1. The lowest BCUT2D eigenvalue weighted by molar-refractivity contribution is -0.149. The van der Waals surface area contributed by atoms with Gasteiger partial charge in [0.05, 0.1) is 30.7 Å². The molecule has 2 amide bonds. The van der Waals surface area contributed by atoms with Gasteiger partial charge in [-0.1, -0.05) is 30.3 Å². The number of piperidine rings is 1. The number of carbonyl (C=O) groups excluding carboxylic acids is 3. The Morgan fingerprint density at radius 2 is 1.82 bits per heavy atom. The quantitative estimate of drug-likeness (QED) is 0.441. The van der Waals surface area contributed by atoms with Gasteiger partial charge in [0.25, 0.3) is 0 Å². The normalized spacial score (nSPS) is 19.6. The minimum Gasteiger partial charge on any atom is -0.466 e. The van der Waals surface area contributed by atoms with Crippen molar-refractivity contribution in [3.63, 3.8) is 0 Å². The van der Waals surface area contributed by atoms with Crippen LogP contribution in [0.2, 0.25) is 0 Å². The van der Waals surface area contributed by atoms with Crippen LogP contribution in [0.5, 0.6) is 0 Å². The van der Waals surface area contributed by atoms with Crippen LogP contribution in [0.1, 0.15) is 43.9 Å². The third-order valence-corrected chi connectivity index (χ3v) is 6.33. The number of aryl methyl sites for hydroxylation is 1. The summed E-state index contributed by atoms with van der Waals surface area (Å²) < 4.78 is 10.6. The summed E-state index contributed by atoms with van der Waals surface area (Å²) in [6.07, 6.45) is 2.99. The average Bonchev–Trinajstić information content (AvgIpc) is 2.82. The molecule has 2 heterocycles. The summed E-state index contributed by atoms with van der Waals surface area (Å²) in [7, 11) is 0. The third-order valence-electron chi connectivity index (χ3n) is 6.33. The van der Waals surface area contributed by atoms with Crippen LogP contribution >= 0.6 is 0 Å². The van der Waals surface area contributed by atoms with Gasteiger partial charge in [-0.05, 0) is 57.8 Å². The number of benzene rings is 1. The summed E-state index contributed by atoms with van der Waals surface area (Å²) in [5.41, 5.74) is 2.88. The van der Waals surface area contributed by atoms with Gasteiger partial charge in [0.15, 0.2) is 0 Å². The van der Waals surface area contributed by atoms with Gasteiger partial charge in [-0.3, -0.25) is 14.6 Å². The van der Waals surface area contributed by atoms with Crippen molar-refractivity contribution in [2.75, 3.05) is 39.4 Å². The molecule has 2 aliphatic rings. The zero-order valence-electron chi connectivity index (χ0n) is 20.3. The zero-order chi connectivity index (χ0) is 24.7. The highest BCUT2D eigenvalue weighted by Crippen LogP contribution is 2.34. The van der Waals surface area contributed by atoms with E-state index in [1.807, 2.05) is 38.1 Å². The van der Waals surface area contributed by atoms with Crippen molar-refractivity contribution in [3.05, 3.63) is 59.3 Å². The summed E-state index contributed by atoms with van der Waals surface area (Å²) in [5, 5.41) is 3.00. The first kappa shape index (κ1) is 25.5. The van der Waals surface area contributed by atoms with Crippen LogP contribution in [-0.4, -0.2) is 67.2 Å². The minimum atomic E-state index is -0.610. The molecule has 184 valence electrons. The predicted molar refractivity (Wildman–Crippen MR) is 129 cm³/mol. The second-order valence-corrected chi connectivity index (χ2v) is 8.52. The van der Waals surface area contributed by atoms with Crippen LogP contribution in [0.3, 0.4) is 0 Å². The van der Waals surface area contributed by atoms with E-state index in [1.54, 1.807) is 17.9 Å². The van der Waals surface area contributed by atoms with Gasteiger partial charge in [-0.25, -0.2) is 9.59 Å². The summed E-state index contributed by atoms with van der Waals surface area (Å²) in [6, 6.07) is 6.81. The highest BCUT2D eigenvalue weighted by Gasteiger charge is 2.39. The van der Waals surface area contributed by atoms with Gasteiger partial charge in [0, 0.05) is 18.8 Å². The van der Waals surface area contributed by atoms with Crippen molar-refractivity contribution in [2.45, 2.75) is 39.7 Å². The highest BCUT2D eigenvalue weighted by atomic mass is 16.5. The van der Waals surface area contributed by atoms with Gasteiger partial charge in [-0.2, -0.15) is 0 Å². The highest BCUT2D eigenvalue weighted by molar-refractivity contribution is 5.95. The number of likely N-dealkylation sites (tertiary alicyclic amines) is 1. The van der Waals surface area contributed by atoms with E-state index in [-0.39, 0.29) is 31.1 Å². The molecule has 1 aromatic carbocycles. The Bertz CT molecular complexity index is 950. The molecular formula is C26H35N3O5. The maximum atomic E-state index is 13.3. The van der Waals surface area contributed by atoms with Gasteiger partial charge < -0.3 is 14.8 Å². The number of ether oxygens (including phenoxy) is 2. The molecule has 34 heavy (non-hydrogen) atoms. The van der Waals surface area contributed by atoms with Gasteiger partial charge in [-0.15, -0.1) is 6.58 Å². The molecule has 8 heteroatoms. The summed E-state index contributed by atoms with van der Waals surface area (Å²) in [6.45, 7) is 11.9. The number of hydrogen-bond donors (Lipinski definition) is 1. The number of rotatable bonds is 9. The van der Waals surface area contributed by atoms with Gasteiger partial charge >= 0.3 is 18.0 Å². The topological polar surface area (TPSA) is 88.2 Å². The van der Waals surface area contributed by atoms with Crippen molar-refractivity contribution >= 4 is 18.0 Å². The van der Waals surface area contributed by atoms with E-state index >= 15 is 0 Å². The minimum absolute atomic E-state index is 0.117. The predicted octanol–water partition coefficient (Wildman–Crippen LogP) is 3.34. The number of nitrogens with zero attached hydrogens (tertiary/aromatic N) is 2. The molecule has 0 spiro atoms. The Morgan fingerprint density at radius 1 is 1.15 bits per heavy atom. The van der Waals surface area contributed by atoms with E-state index in [9.17, 15) is 14.4 Å². The summed E-state index contributed by atoms with van der Waals surface area (Å²) in [4.78, 5) is 42.3. The largest absolute Gasteiger partial charge is 0.466 e. The number of amides is 2. The molecule has 1 saturated heterocycles. The lowest BCUT2D eigenvalue weighted by Gasteiger charge is -2.39. The molecule has 1 aromatic rings. The first-order chi connectivity index (χ1) is 16.4. The third kappa shape index (κ3) is 5.67. The number of hydrogen-bond acceptors (Lipinski definition) is 6. The lowest BCUT2D eigenvalue weighted by atomic mass is 9.91. The molecule has 0 unspecified atom stereocenters. The van der Waals surface area contributed by atoms with E-state index in [0.717, 1.165) is 11.1 Å². The molecule has 1 N–H and O–H groups in total. The fourth-order valence-corrected chi connectivity index (χ4v) is 4.59. The molecule has 0 saturated carbocycles. The molecule has 0 aliphatic carbocycles. The monoisotopic (exact) mass is 469 g/mol. The fraction of sp³-hybridized carbons (Fsp3) is 0.500. The van der Waals surface area contributed by atoms with Crippen LogP contribution in [0.4, 0.5) is 4.79 Å². The van der Waals surface area contributed by atoms with E-state index in [2.05, 4.69) is 16.8 Å². The van der Waals surface area contributed by atoms with Crippen LogP contribution in [-0.2, 0) is 19.1 Å². The van der Waals surface area contributed by atoms with Crippen molar-refractivity contribution in [1.29, 1.82) is 0 Å². The maximum absolute atomic E-state index is 13.3. The maximum Gasteiger partial charge on any atom is 0.338 e. The molecular weight excluding hydrogens is 434 g/mol. The average molecular weight is 470 g/mol. The zero-order valence-corrected chi connectivity index (χ0v) is 20.3.